The summed E-state index contributed by atoms with van der Waals surface area (Å²) in [7, 11) is 0. The highest BCUT2D eigenvalue weighted by Crippen LogP contribution is 2.28. The second-order valence-corrected chi connectivity index (χ2v) is 6.26. The van der Waals surface area contributed by atoms with Crippen molar-refractivity contribution >= 4 is 5.91 Å². The lowest BCUT2D eigenvalue weighted by molar-refractivity contribution is -0.130. The van der Waals surface area contributed by atoms with Crippen molar-refractivity contribution in [3.05, 3.63) is 0 Å². The van der Waals surface area contributed by atoms with E-state index >= 15 is 0 Å². The lowest BCUT2D eigenvalue weighted by Crippen LogP contribution is -2.37. The Bertz CT molecular complexity index is 286. The number of hydrogen-bond acceptors (Lipinski definition) is 2. The van der Waals surface area contributed by atoms with Gasteiger partial charge in [0.15, 0.2) is 0 Å². The molecule has 3 nitrogen and oxygen atoms in total. The predicted molar refractivity (Wildman–Crippen MR) is 78.8 cm³/mol. The first kappa shape index (κ1) is 14.8. The molecule has 1 saturated heterocycles. The van der Waals surface area contributed by atoms with Gasteiger partial charge in [0.2, 0.25) is 5.91 Å². The van der Waals surface area contributed by atoms with Crippen molar-refractivity contribution < 1.29 is 4.79 Å². The van der Waals surface area contributed by atoms with E-state index in [-0.39, 0.29) is 12.2 Å². The van der Waals surface area contributed by atoms with Gasteiger partial charge in [-0.25, -0.2) is 0 Å². The number of nitrogens with one attached hydrogen (secondary N) is 1. The second kappa shape index (κ2) is 7.28. The molecule has 2 atom stereocenters. The number of rotatable bonds is 7. The minimum Gasteiger partial charge on any atom is -0.326 e. The molecule has 1 aliphatic carbocycles. The Hall–Kier alpha value is -0.570. The van der Waals surface area contributed by atoms with Gasteiger partial charge in [-0.2, -0.15) is 0 Å². The fourth-order valence-corrected chi connectivity index (χ4v) is 3.59. The van der Waals surface area contributed by atoms with E-state index in [1.165, 1.54) is 38.5 Å². The Morgan fingerprint density at radius 2 is 1.95 bits per heavy atom. The molecule has 1 saturated carbocycles. The minimum absolute atomic E-state index is 0.0912. The van der Waals surface area contributed by atoms with Crippen molar-refractivity contribution in [3.63, 3.8) is 0 Å². The molecular formula is C16H30N2O. The van der Waals surface area contributed by atoms with Crippen molar-refractivity contribution in [1.82, 2.24) is 10.2 Å². The molecule has 0 aromatic carbocycles. The largest absolute Gasteiger partial charge is 0.326 e. The van der Waals surface area contributed by atoms with Crippen LogP contribution in [0.15, 0.2) is 0 Å². The molecule has 110 valence electrons. The third-order valence-electron chi connectivity index (χ3n) is 4.84. The monoisotopic (exact) mass is 266 g/mol. The molecule has 2 fully saturated rings. The Labute approximate surface area is 118 Å². The maximum atomic E-state index is 12.4. The zero-order chi connectivity index (χ0) is 13.7. The van der Waals surface area contributed by atoms with Crippen LogP contribution in [0.4, 0.5) is 0 Å². The van der Waals surface area contributed by atoms with Gasteiger partial charge in [-0.15, -0.1) is 0 Å². The lowest BCUT2D eigenvalue weighted by atomic mass is 10.0. The van der Waals surface area contributed by atoms with Crippen molar-refractivity contribution in [2.24, 2.45) is 5.92 Å². The summed E-state index contributed by atoms with van der Waals surface area (Å²) in [6.07, 6.45) is 11.4. The van der Waals surface area contributed by atoms with E-state index in [0.29, 0.717) is 5.91 Å². The van der Waals surface area contributed by atoms with E-state index in [1.807, 2.05) is 0 Å². The molecule has 19 heavy (non-hydrogen) atoms. The molecule has 2 aliphatic rings. The Morgan fingerprint density at radius 1 is 1.21 bits per heavy atom. The predicted octanol–water partition coefficient (Wildman–Crippen LogP) is 3.29. The quantitative estimate of drug-likeness (QED) is 0.767. The Morgan fingerprint density at radius 3 is 2.58 bits per heavy atom. The van der Waals surface area contributed by atoms with Crippen LogP contribution in [0.1, 0.15) is 71.6 Å². The standard InChI is InChI=1S/C16H30N2O/c1-3-5-10-14-16(19)18(15(4-2)17-14)12-11-13-8-6-7-9-13/h13-15,17H,3-12H2,1-2H3. The summed E-state index contributed by atoms with van der Waals surface area (Å²) in [6.45, 7) is 5.34. The molecule has 0 aromatic rings. The number of amides is 1. The van der Waals surface area contributed by atoms with Gasteiger partial charge in [0.25, 0.3) is 0 Å². The van der Waals surface area contributed by atoms with E-state index in [2.05, 4.69) is 24.1 Å². The van der Waals surface area contributed by atoms with Gasteiger partial charge in [0.1, 0.15) is 0 Å². The van der Waals surface area contributed by atoms with Gasteiger partial charge < -0.3 is 4.90 Å². The highest BCUT2D eigenvalue weighted by atomic mass is 16.2. The molecule has 1 aliphatic heterocycles. The van der Waals surface area contributed by atoms with Crippen LogP contribution in [-0.2, 0) is 4.79 Å². The van der Waals surface area contributed by atoms with Crippen molar-refractivity contribution in [2.45, 2.75) is 83.8 Å². The van der Waals surface area contributed by atoms with E-state index in [9.17, 15) is 4.79 Å². The van der Waals surface area contributed by atoms with Gasteiger partial charge in [-0.3, -0.25) is 10.1 Å². The number of carbonyl (C=O) groups excluding carboxylic acids is 1. The summed E-state index contributed by atoms with van der Waals surface area (Å²) in [4.78, 5) is 14.6. The van der Waals surface area contributed by atoms with Crippen molar-refractivity contribution in [3.8, 4) is 0 Å². The number of nitrogens with zero attached hydrogens (tertiary/aromatic N) is 1. The smallest absolute Gasteiger partial charge is 0.241 e. The molecule has 0 aromatic heterocycles. The van der Waals surface area contributed by atoms with Crippen LogP contribution in [0.3, 0.4) is 0 Å². The fourth-order valence-electron chi connectivity index (χ4n) is 3.59. The van der Waals surface area contributed by atoms with Crippen molar-refractivity contribution in [2.75, 3.05) is 6.54 Å². The summed E-state index contributed by atoms with van der Waals surface area (Å²) in [5, 5.41) is 3.53. The van der Waals surface area contributed by atoms with Crippen LogP contribution in [0.2, 0.25) is 0 Å². The second-order valence-electron chi connectivity index (χ2n) is 6.26. The van der Waals surface area contributed by atoms with Gasteiger partial charge in [-0.05, 0) is 25.2 Å². The lowest BCUT2D eigenvalue weighted by Gasteiger charge is -2.24. The van der Waals surface area contributed by atoms with Crippen LogP contribution < -0.4 is 5.32 Å². The SMILES string of the molecule is CCCCC1NC(CC)N(CCC2CCCC2)C1=O. The van der Waals surface area contributed by atoms with Crippen LogP contribution >= 0.6 is 0 Å². The number of unbranched alkanes of at least 4 members (excludes halogenated alkanes) is 1. The van der Waals surface area contributed by atoms with Crippen LogP contribution in [0, 0.1) is 5.92 Å². The van der Waals surface area contributed by atoms with Gasteiger partial charge >= 0.3 is 0 Å². The summed E-state index contributed by atoms with van der Waals surface area (Å²) in [5.74, 6) is 1.23. The maximum Gasteiger partial charge on any atom is 0.241 e. The summed E-state index contributed by atoms with van der Waals surface area (Å²) in [6, 6.07) is 0.0912. The molecule has 1 amide bonds. The third kappa shape index (κ3) is 3.71. The molecule has 1 heterocycles. The first-order valence-electron chi connectivity index (χ1n) is 8.32. The summed E-state index contributed by atoms with van der Waals surface area (Å²) in [5.41, 5.74) is 0. The van der Waals surface area contributed by atoms with Crippen LogP contribution in [0.25, 0.3) is 0 Å². The Balaban J connectivity index is 1.84. The molecule has 1 N–H and O–H groups in total. The molecule has 3 heteroatoms. The summed E-state index contributed by atoms with van der Waals surface area (Å²) < 4.78 is 0. The molecule has 2 rings (SSSR count). The van der Waals surface area contributed by atoms with Gasteiger partial charge in [-0.1, -0.05) is 52.4 Å². The van der Waals surface area contributed by atoms with E-state index in [4.69, 9.17) is 0 Å². The van der Waals surface area contributed by atoms with E-state index in [0.717, 1.165) is 31.7 Å². The Kier molecular flexibility index (Phi) is 5.68. The molecule has 0 spiro atoms. The minimum atomic E-state index is 0.0912. The highest BCUT2D eigenvalue weighted by molar-refractivity contribution is 5.84. The maximum absolute atomic E-state index is 12.4. The van der Waals surface area contributed by atoms with Crippen molar-refractivity contribution in [1.29, 1.82) is 0 Å². The normalized spacial score (nSPS) is 28.5. The van der Waals surface area contributed by atoms with Crippen LogP contribution in [-0.4, -0.2) is 29.6 Å². The fraction of sp³-hybridized carbons (Fsp3) is 0.938. The zero-order valence-electron chi connectivity index (χ0n) is 12.7. The number of carbonyl (C=O) groups is 1. The summed E-state index contributed by atoms with van der Waals surface area (Å²) >= 11 is 0. The van der Waals surface area contributed by atoms with Gasteiger partial charge in [0.05, 0.1) is 12.2 Å². The molecule has 2 unspecified atom stereocenters. The molecular weight excluding hydrogens is 236 g/mol. The molecule has 0 radical (unpaired) electrons. The van der Waals surface area contributed by atoms with E-state index in [1.54, 1.807) is 0 Å². The zero-order valence-corrected chi connectivity index (χ0v) is 12.7. The first-order chi connectivity index (χ1) is 9.26. The topological polar surface area (TPSA) is 32.3 Å². The third-order valence-corrected chi connectivity index (χ3v) is 4.84. The number of hydrogen-bond donors (Lipinski definition) is 1. The highest BCUT2D eigenvalue weighted by Gasteiger charge is 2.37. The average Bonchev–Trinajstić information content (AvgIpc) is 3.03. The van der Waals surface area contributed by atoms with Gasteiger partial charge in [0, 0.05) is 6.54 Å². The van der Waals surface area contributed by atoms with Crippen LogP contribution in [0.5, 0.6) is 0 Å². The average molecular weight is 266 g/mol. The first-order valence-corrected chi connectivity index (χ1v) is 8.32. The van der Waals surface area contributed by atoms with E-state index < -0.39 is 0 Å². The molecule has 0 bridgehead atoms.